The SMILES string of the molecule is Cc1cc(-n2c3ccccc3c3ccccc32)c(C)c(C)c1-n1c2ccccc2c2ccccc21. The maximum absolute atomic E-state index is 2.46. The first-order valence-corrected chi connectivity index (χ1v) is 12.2. The summed E-state index contributed by atoms with van der Waals surface area (Å²) >= 11 is 0. The predicted molar refractivity (Wildman–Crippen MR) is 149 cm³/mol. The van der Waals surface area contributed by atoms with E-state index in [0.717, 1.165) is 0 Å². The van der Waals surface area contributed by atoms with Gasteiger partial charge in [0.05, 0.1) is 27.8 Å². The van der Waals surface area contributed by atoms with E-state index in [0.29, 0.717) is 0 Å². The Hall–Kier alpha value is -4.30. The molecule has 2 heterocycles. The molecule has 0 radical (unpaired) electrons. The van der Waals surface area contributed by atoms with Crippen LogP contribution in [0.1, 0.15) is 16.7 Å². The molecule has 2 aromatic heterocycles. The largest absolute Gasteiger partial charge is 0.309 e. The van der Waals surface area contributed by atoms with Gasteiger partial charge < -0.3 is 9.13 Å². The van der Waals surface area contributed by atoms with Crippen molar-refractivity contribution in [2.75, 3.05) is 0 Å². The van der Waals surface area contributed by atoms with Crippen LogP contribution in [0.2, 0.25) is 0 Å². The van der Waals surface area contributed by atoms with E-state index in [9.17, 15) is 0 Å². The highest BCUT2D eigenvalue weighted by molar-refractivity contribution is 6.10. The molecule has 0 aliphatic rings. The summed E-state index contributed by atoms with van der Waals surface area (Å²) in [4.78, 5) is 0. The molecule has 7 rings (SSSR count). The summed E-state index contributed by atoms with van der Waals surface area (Å²) < 4.78 is 4.90. The first kappa shape index (κ1) is 20.1. The van der Waals surface area contributed by atoms with Crippen LogP contribution in [0.4, 0.5) is 0 Å². The van der Waals surface area contributed by atoms with Gasteiger partial charge in [0.25, 0.3) is 0 Å². The molecule has 2 heteroatoms. The third kappa shape index (κ3) is 2.71. The normalized spacial score (nSPS) is 11.9. The standard InChI is InChI=1S/C33H26N2/c1-21-20-32(34-28-16-8-4-12-24(28)25-13-5-9-17-29(25)34)22(2)23(3)33(21)35-30-18-10-6-14-26(30)27-15-7-11-19-31(27)35/h4-20H,1-3H3. The number of nitrogens with zero attached hydrogens (tertiary/aromatic N) is 2. The van der Waals surface area contributed by atoms with Crippen molar-refractivity contribution >= 4 is 43.6 Å². The summed E-state index contributed by atoms with van der Waals surface area (Å²) in [5.41, 5.74) is 11.4. The van der Waals surface area contributed by atoms with E-state index in [1.807, 2.05) is 0 Å². The van der Waals surface area contributed by atoms with Crippen LogP contribution in [0.25, 0.3) is 55.0 Å². The highest BCUT2D eigenvalue weighted by Crippen LogP contribution is 2.39. The Labute approximate surface area is 204 Å². The number of para-hydroxylation sites is 4. The quantitative estimate of drug-likeness (QED) is 0.249. The van der Waals surface area contributed by atoms with Crippen molar-refractivity contribution in [1.29, 1.82) is 0 Å². The van der Waals surface area contributed by atoms with Gasteiger partial charge in [0.2, 0.25) is 0 Å². The van der Waals surface area contributed by atoms with E-state index in [1.54, 1.807) is 0 Å². The maximum atomic E-state index is 2.46. The summed E-state index contributed by atoms with van der Waals surface area (Å²) in [6.07, 6.45) is 0. The number of hydrogen-bond acceptors (Lipinski definition) is 0. The van der Waals surface area contributed by atoms with E-state index < -0.39 is 0 Å². The molecule has 7 aromatic rings. The highest BCUT2D eigenvalue weighted by atomic mass is 15.0. The fourth-order valence-corrected chi connectivity index (χ4v) is 5.97. The van der Waals surface area contributed by atoms with Crippen LogP contribution < -0.4 is 0 Å². The van der Waals surface area contributed by atoms with Crippen molar-refractivity contribution in [3.63, 3.8) is 0 Å². The fourth-order valence-electron chi connectivity index (χ4n) is 5.97. The molecule has 0 amide bonds. The predicted octanol–water partition coefficient (Wildman–Crippen LogP) is 8.81. The summed E-state index contributed by atoms with van der Waals surface area (Å²) in [5.74, 6) is 0. The van der Waals surface area contributed by atoms with Gasteiger partial charge in [-0.1, -0.05) is 72.8 Å². The zero-order valence-corrected chi connectivity index (χ0v) is 20.2. The second-order valence-corrected chi connectivity index (χ2v) is 9.55. The average molecular weight is 451 g/mol. The summed E-state index contributed by atoms with van der Waals surface area (Å²) in [6.45, 7) is 6.80. The van der Waals surface area contributed by atoms with E-state index in [4.69, 9.17) is 0 Å². The first-order chi connectivity index (χ1) is 17.1. The minimum Gasteiger partial charge on any atom is -0.309 e. The Balaban J connectivity index is 1.58. The lowest BCUT2D eigenvalue weighted by Gasteiger charge is -2.21. The van der Waals surface area contributed by atoms with Crippen LogP contribution in [0.5, 0.6) is 0 Å². The van der Waals surface area contributed by atoms with E-state index in [2.05, 4.69) is 133 Å². The van der Waals surface area contributed by atoms with Gasteiger partial charge in [-0.05, 0) is 67.8 Å². The lowest BCUT2D eigenvalue weighted by atomic mass is 10.00. The number of hydrogen-bond donors (Lipinski definition) is 0. The Bertz CT molecular complexity index is 1820. The van der Waals surface area contributed by atoms with Crippen LogP contribution in [0.15, 0.2) is 103 Å². The molecule has 0 spiro atoms. The Morgan fingerprint density at radius 2 is 0.800 bits per heavy atom. The molecule has 0 aliphatic carbocycles. The molecule has 0 bridgehead atoms. The minimum absolute atomic E-state index is 1.25. The van der Waals surface area contributed by atoms with Gasteiger partial charge in [-0.15, -0.1) is 0 Å². The van der Waals surface area contributed by atoms with Gasteiger partial charge in [-0.3, -0.25) is 0 Å². The van der Waals surface area contributed by atoms with E-state index in [1.165, 1.54) is 71.7 Å². The molecular formula is C33H26N2. The maximum Gasteiger partial charge on any atom is 0.0541 e. The van der Waals surface area contributed by atoms with Crippen LogP contribution in [0.3, 0.4) is 0 Å². The van der Waals surface area contributed by atoms with E-state index >= 15 is 0 Å². The Morgan fingerprint density at radius 3 is 1.23 bits per heavy atom. The molecule has 0 saturated carbocycles. The summed E-state index contributed by atoms with van der Waals surface area (Å²) in [7, 11) is 0. The van der Waals surface area contributed by atoms with Crippen LogP contribution >= 0.6 is 0 Å². The van der Waals surface area contributed by atoms with Crippen molar-refractivity contribution < 1.29 is 0 Å². The molecular weight excluding hydrogens is 424 g/mol. The molecule has 0 unspecified atom stereocenters. The molecule has 35 heavy (non-hydrogen) atoms. The lowest BCUT2D eigenvalue weighted by Crippen LogP contribution is -2.06. The van der Waals surface area contributed by atoms with Crippen molar-refractivity contribution in [2.45, 2.75) is 20.8 Å². The number of rotatable bonds is 2. The number of aryl methyl sites for hydroxylation is 1. The number of fused-ring (bicyclic) bond motifs is 6. The van der Waals surface area contributed by atoms with Crippen molar-refractivity contribution in [3.05, 3.63) is 120 Å². The van der Waals surface area contributed by atoms with Gasteiger partial charge in [0.1, 0.15) is 0 Å². The van der Waals surface area contributed by atoms with Gasteiger partial charge in [0, 0.05) is 27.2 Å². The molecule has 0 fully saturated rings. The van der Waals surface area contributed by atoms with Crippen molar-refractivity contribution in [3.8, 4) is 11.4 Å². The van der Waals surface area contributed by atoms with Crippen molar-refractivity contribution in [2.24, 2.45) is 0 Å². The molecule has 168 valence electrons. The van der Waals surface area contributed by atoms with Gasteiger partial charge in [0.15, 0.2) is 0 Å². The Morgan fingerprint density at radius 1 is 0.429 bits per heavy atom. The van der Waals surface area contributed by atoms with Crippen molar-refractivity contribution in [1.82, 2.24) is 9.13 Å². The smallest absolute Gasteiger partial charge is 0.0541 e. The zero-order valence-electron chi connectivity index (χ0n) is 20.2. The van der Waals surface area contributed by atoms with Crippen LogP contribution in [-0.2, 0) is 0 Å². The summed E-state index contributed by atoms with van der Waals surface area (Å²) in [5, 5.41) is 5.19. The molecule has 0 N–H and O–H groups in total. The second-order valence-electron chi connectivity index (χ2n) is 9.55. The third-order valence-electron chi connectivity index (χ3n) is 7.65. The van der Waals surface area contributed by atoms with Crippen LogP contribution in [-0.4, -0.2) is 9.13 Å². The monoisotopic (exact) mass is 450 g/mol. The summed E-state index contributed by atoms with van der Waals surface area (Å²) in [6, 6.07) is 37.4. The van der Waals surface area contributed by atoms with Gasteiger partial charge >= 0.3 is 0 Å². The minimum atomic E-state index is 1.25. The van der Waals surface area contributed by atoms with E-state index in [-0.39, 0.29) is 0 Å². The Kier molecular flexibility index (Phi) is 4.22. The molecule has 2 nitrogen and oxygen atoms in total. The number of aromatic nitrogens is 2. The van der Waals surface area contributed by atoms with Gasteiger partial charge in [-0.2, -0.15) is 0 Å². The second kappa shape index (κ2) is 7.35. The molecule has 0 atom stereocenters. The molecule has 0 aliphatic heterocycles. The zero-order chi connectivity index (χ0) is 23.7. The van der Waals surface area contributed by atoms with Crippen LogP contribution in [0, 0.1) is 20.8 Å². The third-order valence-corrected chi connectivity index (χ3v) is 7.65. The van der Waals surface area contributed by atoms with Gasteiger partial charge in [-0.25, -0.2) is 0 Å². The fraction of sp³-hybridized carbons (Fsp3) is 0.0909. The number of benzene rings is 5. The first-order valence-electron chi connectivity index (χ1n) is 12.2. The molecule has 5 aromatic carbocycles. The highest BCUT2D eigenvalue weighted by Gasteiger charge is 2.20. The molecule has 0 saturated heterocycles. The lowest BCUT2D eigenvalue weighted by molar-refractivity contribution is 1.07. The average Bonchev–Trinajstić information content (AvgIpc) is 3.40. The topological polar surface area (TPSA) is 9.86 Å².